The fourth-order valence-electron chi connectivity index (χ4n) is 2.24. The summed E-state index contributed by atoms with van der Waals surface area (Å²) >= 11 is 0. The molecule has 1 heterocycles. The van der Waals surface area contributed by atoms with Gasteiger partial charge in [0.1, 0.15) is 5.82 Å². The average molecular weight is 317 g/mol. The second-order valence-electron chi connectivity index (χ2n) is 5.02. The molecule has 6 heteroatoms. The predicted octanol–water partition coefficient (Wildman–Crippen LogP) is 5.10. The fraction of sp³-hybridized carbons (Fsp3) is 0.533. The number of alkyl halides is 2. The largest absolute Gasteiger partial charge is 0.403 e. The first kappa shape index (κ1) is 17.9. The molecule has 0 fully saturated rings. The van der Waals surface area contributed by atoms with Crippen LogP contribution >= 0.6 is 0 Å². The Morgan fingerprint density at radius 3 is 2.24 bits per heavy atom. The van der Waals surface area contributed by atoms with Gasteiger partial charge in [0.15, 0.2) is 14.4 Å². The zero-order chi connectivity index (χ0) is 16.1. The highest BCUT2D eigenvalue weighted by atomic mass is 28.4. The van der Waals surface area contributed by atoms with Gasteiger partial charge >= 0.3 is 0 Å². The summed E-state index contributed by atoms with van der Waals surface area (Å²) in [5.41, 5.74) is 0.0357. The topological polar surface area (TPSA) is 22.1 Å². The van der Waals surface area contributed by atoms with E-state index in [1.54, 1.807) is 0 Å². The summed E-state index contributed by atoms with van der Waals surface area (Å²) in [5, 5.41) is 0. The van der Waals surface area contributed by atoms with Crippen molar-refractivity contribution in [3.05, 3.63) is 42.5 Å². The Balaban J connectivity index is 3.20. The first-order valence-electron chi connectivity index (χ1n) is 7.14. The molecule has 0 aromatic carbocycles. The molecule has 0 radical (unpaired) electrons. The Bertz CT molecular complexity index is 452. The van der Waals surface area contributed by atoms with Crippen LogP contribution in [0.5, 0.6) is 0 Å². The van der Waals surface area contributed by atoms with E-state index in [9.17, 15) is 13.2 Å². The van der Waals surface area contributed by atoms with E-state index in [4.69, 9.17) is 4.43 Å². The van der Waals surface area contributed by atoms with Gasteiger partial charge in [-0.25, -0.2) is 4.39 Å². The maximum absolute atomic E-state index is 14.2. The van der Waals surface area contributed by atoms with Crippen LogP contribution in [0.4, 0.5) is 13.2 Å². The van der Waals surface area contributed by atoms with Gasteiger partial charge in [-0.2, -0.15) is 8.78 Å². The van der Waals surface area contributed by atoms with Gasteiger partial charge in [0.2, 0.25) is 0 Å². The van der Waals surface area contributed by atoms with E-state index in [0.29, 0.717) is 6.08 Å². The van der Waals surface area contributed by atoms with E-state index >= 15 is 0 Å². The zero-order valence-electron chi connectivity index (χ0n) is 12.7. The number of aromatic nitrogens is 1. The smallest absolute Gasteiger partial charge is 0.296 e. The molecule has 1 aromatic heterocycles. The van der Waals surface area contributed by atoms with Crippen molar-refractivity contribution in [1.82, 2.24) is 4.98 Å². The lowest BCUT2D eigenvalue weighted by molar-refractivity contribution is -0.0650. The van der Waals surface area contributed by atoms with Crippen molar-refractivity contribution in [2.75, 3.05) is 0 Å². The van der Waals surface area contributed by atoms with Gasteiger partial charge in [0.25, 0.3) is 5.92 Å². The molecule has 1 rings (SSSR count). The molecule has 0 saturated carbocycles. The molecule has 0 bridgehead atoms. The predicted molar refractivity (Wildman–Crippen MR) is 80.4 cm³/mol. The van der Waals surface area contributed by atoms with E-state index in [-0.39, 0.29) is 5.69 Å². The van der Waals surface area contributed by atoms with E-state index < -0.39 is 26.2 Å². The molecule has 1 unspecified atom stereocenters. The van der Waals surface area contributed by atoms with Crippen LogP contribution in [0.1, 0.15) is 32.6 Å². The second kappa shape index (κ2) is 7.22. The fourth-order valence-corrected chi connectivity index (χ4v) is 5.01. The summed E-state index contributed by atoms with van der Waals surface area (Å²) in [4.78, 5) is 3.77. The van der Waals surface area contributed by atoms with Gasteiger partial charge in [-0.1, -0.05) is 27.4 Å². The second-order valence-corrected chi connectivity index (χ2v) is 9.74. The Morgan fingerprint density at radius 1 is 1.29 bits per heavy atom. The summed E-state index contributed by atoms with van der Waals surface area (Å²) < 4.78 is 47.2. The van der Waals surface area contributed by atoms with Crippen LogP contribution in [0.15, 0.2) is 31.0 Å². The maximum atomic E-state index is 14.2. The summed E-state index contributed by atoms with van der Waals surface area (Å²) in [7, 11) is -2.26. The molecule has 1 aromatic rings. The summed E-state index contributed by atoms with van der Waals surface area (Å²) in [6.07, 6.45) is -0.0112. The lowest BCUT2D eigenvalue weighted by Gasteiger charge is -2.35. The van der Waals surface area contributed by atoms with Crippen LogP contribution in [0, 0.1) is 5.82 Å². The summed E-state index contributed by atoms with van der Waals surface area (Å²) in [6.45, 7) is 9.06. The zero-order valence-corrected chi connectivity index (χ0v) is 13.7. The number of nitrogens with zero attached hydrogens (tertiary/aromatic N) is 1. The van der Waals surface area contributed by atoms with Crippen molar-refractivity contribution in [2.45, 2.75) is 50.9 Å². The first-order chi connectivity index (χ1) is 9.84. The number of pyridine rings is 1. The van der Waals surface area contributed by atoms with Gasteiger partial charge in [-0.3, -0.25) is 4.98 Å². The van der Waals surface area contributed by atoms with Crippen LogP contribution in [-0.2, 0) is 4.43 Å². The molecule has 118 valence electrons. The highest BCUT2D eigenvalue weighted by Crippen LogP contribution is 2.39. The lowest BCUT2D eigenvalue weighted by Crippen LogP contribution is -2.42. The normalized spacial score (nSPS) is 14.0. The van der Waals surface area contributed by atoms with Gasteiger partial charge in [0, 0.05) is 0 Å². The highest BCUT2D eigenvalue weighted by molar-refractivity contribution is 6.73. The molecule has 0 aliphatic heterocycles. The molecule has 0 saturated heterocycles. The first-order valence-corrected chi connectivity index (χ1v) is 9.67. The van der Waals surface area contributed by atoms with Gasteiger partial charge in [0.05, 0.1) is 11.9 Å². The number of hydrogen-bond acceptors (Lipinski definition) is 2. The van der Waals surface area contributed by atoms with Crippen molar-refractivity contribution >= 4 is 8.32 Å². The van der Waals surface area contributed by atoms with Crippen molar-refractivity contribution in [3.8, 4) is 0 Å². The number of hydrogen-bond donors (Lipinski definition) is 0. The van der Waals surface area contributed by atoms with E-state index in [0.717, 1.165) is 30.4 Å². The average Bonchev–Trinajstić information content (AvgIpc) is 2.50. The molecule has 0 amide bonds. The standard InChI is InChI=1S/C15H22F3NOSi/c1-5-15(17,18)14(13-10-9-12(16)11-19-13)20-21(6-2,7-3)8-4/h5,9-11,14H,1,6-8H2,2-4H3. The maximum Gasteiger partial charge on any atom is 0.296 e. The SMILES string of the molecule is C=CC(F)(F)C(O[Si](CC)(CC)CC)c1ccc(F)cn1. The minimum absolute atomic E-state index is 0.0357. The quantitative estimate of drug-likeness (QED) is 0.491. The minimum Gasteiger partial charge on any atom is -0.403 e. The van der Waals surface area contributed by atoms with E-state index in [1.807, 2.05) is 20.8 Å². The third-order valence-electron chi connectivity index (χ3n) is 3.94. The highest BCUT2D eigenvalue weighted by Gasteiger charge is 2.44. The van der Waals surface area contributed by atoms with Crippen molar-refractivity contribution in [2.24, 2.45) is 0 Å². The Labute approximate surface area is 125 Å². The third kappa shape index (κ3) is 4.17. The van der Waals surface area contributed by atoms with Crippen LogP contribution < -0.4 is 0 Å². The molecule has 0 N–H and O–H groups in total. The van der Waals surface area contributed by atoms with Crippen LogP contribution in [0.2, 0.25) is 18.1 Å². The number of rotatable bonds is 8. The van der Waals surface area contributed by atoms with Gasteiger partial charge < -0.3 is 4.43 Å². The number of halogens is 3. The van der Waals surface area contributed by atoms with Crippen LogP contribution in [-0.4, -0.2) is 19.2 Å². The molecule has 1 atom stereocenters. The van der Waals surface area contributed by atoms with Crippen molar-refractivity contribution < 1.29 is 17.6 Å². The minimum atomic E-state index is -3.25. The molecule has 0 aliphatic rings. The third-order valence-corrected chi connectivity index (χ3v) is 8.54. The molecule has 0 aliphatic carbocycles. The van der Waals surface area contributed by atoms with Crippen LogP contribution in [0.25, 0.3) is 0 Å². The molecular formula is C15H22F3NOSi. The lowest BCUT2D eigenvalue weighted by atomic mass is 10.1. The van der Waals surface area contributed by atoms with Crippen molar-refractivity contribution in [1.29, 1.82) is 0 Å². The molecule has 2 nitrogen and oxygen atoms in total. The molecular weight excluding hydrogens is 295 g/mol. The van der Waals surface area contributed by atoms with Gasteiger partial charge in [-0.05, 0) is 36.3 Å². The van der Waals surface area contributed by atoms with Crippen LogP contribution in [0.3, 0.4) is 0 Å². The monoisotopic (exact) mass is 317 g/mol. The van der Waals surface area contributed by atoms with E-state index in [2.05, 4.69) is 11.6 Å². The Kier molecular flexibility index (Phi) is 6.16. The summed E-state index contributed by atoms with van der Waals surface area (Å²) in [5.74, 6) is -3.81. The van der Waals surface area contributed by atoms with E-state index in [1.165, 1.54) is 6.07 Å². The Hall–Kier alpha value is -1.14. The molecule has 0 spiro atoms. The summed E-state index contributed by atoms with van der Waals surface area (Å²) in [6, 6.07) is 4.59. The Morgan fingerprint density at radius 2 is 1.86 bits per heavy atom. The van der Waals surface area contributed by atoms with Crippen molar-refractivity contribution in [3.63, 3.8) is 0 Å². The molecule has 21 heavy (non-hydrogen) atoms. The van der Waals surface area contributed by atoms with Gasteiger partial charge in [-0.15, -0.1) is 0 Å².